The van der Waals surface area contributed by atoms with Gasteiger partial charge in [-0.2, -0.15) is 0 Å². The van der Waals surface area contributed by atoms with E-state index in [4.69, 9.17) is 11.6 Å². The van der Waals surface area contributed by atoms with E-state index < -0.39 is 5.82 Å². The van der Waals surface area contributed by atoms with E-state index in [2.05, 4.69) is 22.5 Å². The summed E-state index contributed by atoms with van der Waals surface area (Å²) in [6.07, 6.45) is 3.85. The highest BCUT2D eigenvalue weighted by Crippen LogP contribution is 2.27. The molecule has 1 saturated carbocycles. The van der Waals surface area contributed by atoms with Gasteiger partial charge in [-0.15, -0.1) is 11.3 Å². The van der Waals surface area contributed by atoms with Gasteiger partial charge in [0.2, 0.25) is 0 Å². The van der Waals surface area contributed by atoms with Crippen LogP contribution in [0.3, 0.4) is 0 Å². The number of rotatable bonds is 5. The first-order valence-corrected chi connectivity index (χ1v) is 10.1. The molecule has 0 spiro atoms. The molecule has 140 valence electrons. The molecule has 1 heterocycles. The Bertz CT molecular complexity index is 768. The smallest absolute Gasteiger partial charge is 0.254 e. The third kappa shape index (κ3) is 4.74. The number of carbonyl (C=O) groups excluding carboxylic acids is 1. The second-order valence-electron chi connectivity index (χ2n) is 6.86. The fraction of sp³-hybridized carbons (Fsp3) is 0.474. The molecule has 0 radical (unpaired) electrons. The number of aromatic nitrogens is 1. The minimum Gasteiger partial charge on any atom is -0.361 e. The van der Waals surface area contributed by atoms with E-state index in [9.17, 15) is 9.18 Å². The number of amides is 1. The summed E-state index contributed by atoms with van der Waals surface area (Å²) < 4.78 is 13.8. The Hall–Kier alpha value is -1.66. The lowest BCUT2D eigenvalue weighted by molar-refractivity contribution is 0.0918. The monoisotopic (exact) mass is 395 g/mol. The van der Waals surface area contributed by atoms with Crippen LogP contribution >= 0.6 is 22.9 Å². The Morgan fingerprint density at radius 1 is 1.31 bits per heavy atom. The summed E-state index contributed by atoms with van der Waals surface area (Å²) in [6.45, 7) is 5.00. The van der Waals surface area contributed by atoms with E-state index in [1.807, 2.05) is 6.92 Å². The molecule has 1 amide bonds. The van der Waals surface area contributed by atoms with Crippen molar-refractivity contribution in [2.45, 2.75) is 45.6 Å². The molecule has 4 nitrogen and oxygen atoms in total. The average Bonchev–Trinajstić information content (AvgIpc) is 2.94. The van der Waals surface area contributed by atoms with Crippen LogP contribution in [0, 0.1) is 25.6 Å². The molecule has 0 atom stereocenters. The standard InChI is InChI=1S/C19H23ClFN3OS/c1-11-12(2)26-19(23-11)22-10-13-3-6-15(7-4-13)24-18(25)16-9-14(20)5-8-17(16)21/h5,8-9,13,15H,3-4,6-7,10H2,1-2H3,(H,22,23)(H,24,25)/t13-,15-. The molecule has 1 aliphatic carbocycles. The second-order valence-corrected chi connectivity index (χ2v) is 8.50. The lowest BCUT2D eigenvalue weighted by Crippen LogP contribution is -2.38. The molecular formula is C19H23ClFN3OS. The van der Waals surface area contributed by atoms with Crippen molar-refractivity contribution in [1.29, 1.82) is 0 Å². The summed E-state index contributed by atoms with van der Waals surface area (Å²) in [5.74, 6) is -0.366. The number of anilines is 1. The van der Waals surface area contributed by atoms with Crippen LogP contribution in [0.2, 0.25) is 5.02 Å². The molecule has 0 aliphatic heterocycles. The van der Waals surface area contributed by atoms with E-state index in [1.54, 1.807) is 11.3 Å². The first-order valence-electron chi connectivity index (χ1n) is 8.86. The number of benzene rings is 1. The Balaban J connectivity index is 1.46. The summed E-state index contributed by atoms with van der Waals surface area (Å²) in [4.78, 5) is 18.0. The van der Waals surface area contributed by atoms with E-state index in [-0.39, 0.29) is 17.5 Å². The van der Waals surface area contributed by atoms with Crippen LogP contribution in [0.25, 0.3) is 0 Å². The molecule has 0 saturated heterocycles. The van der Waals surface area contributed by atoms with Gasteiger partial charge < -0.3 is 10.6 Å². The lowest BCUT2D eigenvalue weighted by Gasteiger charge is -2.29. The Morgan fingerprint density at radius 3 is 2.69 bits per heavy atom. The molecule has 1 aromatic carbocycles. The number of carbonyl (C=O) groups is 1. The van der Waals surface area contributed by atoms with Crippen molar-refractivity contribution in [1.82, 2.24) is 10.3 Å². The molecule has 2 aromatic rings. The van der Waals surface area contributed by atoms with Crippen molar-refractivity contribution in [3.63, 3.8) is 0 Å². The quantitative estimate of drug-likeness (QED) is 0.752. The van der Waals surface area contributed by atoms with Crippen molar-refractivity contribution in [2.75, 3.05) is 11.9 Å². The zero-order valence-corrected chi connectivity index (χ0v) is 16.5. The number of hydrogen-bond acceptors (Lipinski definition) is 4. The lowest BCUT2D eigenvalue weighted by atomic mass is 9.86. The average molecular weight is 396 g/mol. The van der Waals surface area contributed by atoms with Crippen molar-refractivity contribution in [2.24, 2.45) is 5.92 Å². The first kappa shape index (κ1) is 19.1. The number of hydrogen-bond donors (Lipinski definition) is 2. The fourth-order valence-electron chi connectivity index (χ4n) is 3.23. The topological polar surface area (TPSA) is 54.0 Å². The molecule has 1 fully saturated rings. The minimum atomic E-state index is -0.543. The van der Waals surface area contributed by atoms with Gasteiger partial charge in [0.15, 0.2) is 5.13 Å². The number of nitrogens with zero attached hydrogens (tertiary/aromatic N) is 1. The highest BCUT2D eigenvalue weighted by molar-refractivity contribution is 7.15. The highest BCUT2D eigenvalue weighted by Gasteiger charge is 2.24. The Labute approximate surface area is 162 Å². The molecule has 7 heteroatoms. The number of halogens is 2. The predicted octanol–water partition coefficient (Wildman–Crippen LogP) is 4.95. The van der Waals surface area contributed by atoms with Gasteiger partial charge in [-0.1, -0.05) is 11.6 Å². The molecule has 2 N–H and O–H groups in total. The van der Waals surface area contributed by atoms with Crippen LogP contribution in [0.4, 0.5) is 9.52 Å². The Morgan fingerprint density at radius 2 is 2.04 bits per heavy atom. The van der Waals surface area contributed by atoms with E-state index >= 15 is 0 Å². The van der Waals surface area contributed by atoms with Gasteiger partial charge in [-0.3, -0.25) is 4.79 Å². The first-order chi connectivity index (χ1) is 12.4. The molecule has 0 unspecified atom stereocenters. The molecule has 26 heavy (non-hydrogen) atoms. The van der Waals surface area contributed by atoms with Crippen LogP contribution in [-0.4, -0.2) is 23.5 Å². The van der Waals surface area contributed by atoms with Crippen molar-refractivity contribution in [3.8, 4) is 0 Å². The maximum Gasteiger partial charge on any atom is 0.254 e. The second kappa shape index (κ2) is 8.35. The minimum absolute atomic E-state index is 0.01000. The number of nitrogens with one attached hydrogen (secondary N) is 2. The molecule has 1 aliphatic rings. The summed E-state index contributed by atoms with van der Waals surface area (Å²) in [5.41, 5.74) is 1.09. The zero-order chi connectivity index (χ0) is 18.7. The maximum absolute atomic E-state index is 13.8. The van der Waals surface area contributed by atoms with Crippen molar-refractivity contribution in [3.05, 3.63) is 45.2 Å². The number of thiazole rings is 1. The number of aryl methyl sites for hydroxylation is 2. The van der Waals surface area contributed by atoms with Gasteiger partial charge in [0.1, 0.15) is 5.82 Å². The SMILES string of the molecule is Cc1nc(NC[C@H]2CC[C@H](NC(=O)c3cc(Cl)ccc3F)CC2)sc1C. The fourth-order valence-corrected chi connectivity index (χ4v) is 4.22. The molecule has 1 aromatic heterocycles. The largest absolute Gasteiger partial charge is 0.361 e. The summed E-state index contributed by atoms with van der Waals surface area (Å²) in [5, 5.41) is 7.71. The Kier molecular flexibility index (Phi) is 6.14. The maximum atomic E-state index is 13.8. The predicted molar refractivity (Wildman–Crippen MR) is 105 cm³/mol. The summed E-state index contributed by atoms with van der Waals surface area (Å²) >= 11 is 7.55. The van der Waals surface area contributed by atoms with Gasteiger partial charge in [0.25, 0.3) is 5.91 Å². The van der Waals surface area contributed by atoms with Crippen LogP contribution in [0.5, 0.6) is 0 Å². The van der Waals surface area contributed by atoms with E-state index in [1.165, 1.54) is 23.1 Å². The van der Waals surface area contributed by atoms with E-state index in [0.717, 1.165) is 43.1 Å². The van der Waals surface area contributed by atoms with Crippen molar-refractivity contribution < 1.29 is 9.18 Å². The molecular weight excluding hydrogens is 373 g/mol. The zero-order valence-electron chi connectivity index (χ0n) is 14.9. The highest BCUT2D eigenvalue weighted by atomic mass is 35.5. The third-order valence-electron chi connectivity index (χ3n) is 4.93. The molecule has 0 bridgehead atoms. The van der Waals surface area contributed by atoms with Gasteiger partial charge in [0.05, 0.1) is 11.3 Å². The normalized spacial score (nSPS) is 20.0. The van der Waals surface area contributed by atoms with Gasteiger partial charge in [-0.25, -0.2) is 9.37 Å². The molecule has 3 rings (SSSR count). The van der Waals surface area contributed by atoms with Crippen LogP contribution in [0.15, 0.2) is 18.2 Å². The third-order valence-corrected chi connectivity index (χ3v) is 6.19. The van der Waals surface area contributed by atoms with Crippen molar-refractivity contribution >= 4 is 34.0 Å². The van der Waals surface area contributed by atoms with Gasteiger partial charge in [0, 0.05) is 22.5 Å². The van der Waals surface area contributed by atoms with Crippen LogP contribution in [-0.2, 0) is 0 Å². The summed E-state index contributed by atoms with van der Waals surface area (Å²) in [6, 6.07) is 4.13. The van der Waals surface area contributed by atoms with Gasteiger partial charge in [-0.05, 0) is 63.6 Å². The van der Waals surface area contributed by atoms with Crippen LogP contribution < -0.4 is 10.6 Å². The van der Waals surface area contributed by atoms with Gasteiger partial charge >= 0.3 is 0 Å². The van der Waals surface area contributed by atoms with E-state index in [0.29, 0.717) is 10.9 Å². The summed E-state index contributed by atoms with van der Waals surface area (Å²) in [7, 11) is 0. The van der Waals surface area contributed by atoms with Crippen LogP contribution in [0.1, 0.15) is 46.6 Å².